The van der Waals surface area contributed by atoms with Gasteiger partial charge in [0.2, 0.25) is 5.91 Å². The fourth-order valence-corrected chi connectivity index (χ4v) is 2.35. The second-order valence-electron chi connectivity index (χ2n) is 4.44. The highest BCUT2D eigenvalue weighted by Crippen LogP contribution is 2.16. The van der Waals surface area contributed by atoms with Crippen molar-refractivity contribution >= 4 is 34.8 Å². The highest BCUT2D eigenvalue weighted by atomic mass is 35.5. The lowest BCUT2D eigenvalue weighted by Crippen LogP contribution is -2.27. The molecule has 116 valence electrons. The van der Waals surface area contributed by atoms with Crippen molar-refractivity contribution in [1.29, 1.82) is 0 Å². The first-order chi connectivity index (χ1) is 10.5. The molecular weight excluding hydrogens is 327 g/mol. The number of nitrogens with zero attached hydrogens (tertiary/aromatic N) is 1. The number of hydrogen-bond donors (Lipinski definition) is 1. The van der Waals surface area contributed by atoms with Gasteiger partial charge in [-0.05, 0) is 37.3 Å². The summed E-state index contributed by atoms with van der Waals surface area (Å²) in [5, 5.41) is 2.95. The molecule has 22 heavy (non-hydrogen) atoms. The summed E-state index contributed by atoms with van der Waals surface area (Å²) < 4.78 is 6.48. The monoisotopic (exact) mass is 340 g/mol. The Labute approximate surface area is 137 Å². The summed E-state index contributed by atoms with van der Waals surface area (Å²) >= 11 is 11.6. The molecule has 2 aromatic rings. The van der Waals surface area contributed by atoms with Crippen LogP contribution in [0.2, 0.25) is 10.0 Å². The third kappa shape index (κ3) is 4.26. The Morgan fingerprint density at radius 1 is 1.27 bits per heavy atom. The highest BCUT2D eigenvalue weighted by Gasteiger charge is 2.09. The van der Waals surface area contributed by atoms with Crippen LogP contribution in [0.25, 0.3) is 0 Å². The van der Waals surface area contributed by atoms with Gasteiger partial charge in [-0.1, -0.05) is 23.2 Å². The first kappa shape index (κ1) is 16.4. The Bertz CT molecular complexity index is 727. The van der Waals surface area contributed by atoms with Gasteiger partial charge in [-0.3, -0.25) is 9.59 Å². The number of amides is 1. The summed E-state index contributed by atoms with van der Waals surface area (Å²) in [6.07, 6.45) is 1.37. The SMILES string of the molecule is CCOc1ccc(NC(=O)Cn2cc(Cl)cc(Cl)c2=O)cc1. The van der Waals surface area contributed by atoms with Crippen LogP contribution in [0.3, 0.4) is 0 Å². The number of pyridine rings is 1. The van der Waals surface area contributed by atoms with Gasteiger partial charge in [0.25, 0.3) is 5.56 Å². The number of carbonyl (C=O) groups is 1. The zero-order valence-corrected chi connectivity index (χ0v) is 13.3. The summed E-state index contributed by atoms with van der Waals surface area (Å²) in [5.74, 6) is 0.364. The van der Waals surface area contributed by atoms with Gasteiger partial charge in [-0.15, -0.1) is 0 Å². The number of benzene rings is 1. The van der Waals surface area contributed by atoms with E-state index < -0.39 is 5.56 Å². The van der Waals surface area contributed by atoms with Crippen molar-refractivity contribution in [2.24, 2.45) is 0 Å². The van der Waals surface area contributed by atoms with Crippen LogP contribution >= 0.6 is 23.2 Å². The minimum Gasteiger partial charge on any atom is -0.494 e. The third-order valence-corrected chi connectivity index (χ3v) is 3.25. The molecule has 0 saturated carbocycles. The Hall–Kier alpha value is -1.98. The predicted molar refractivity (Wildman–Crippen MR) is 87.0 cm³/mol. The van der Waals surface area contributed by atoms with E-state index >= 15 is 0 Å². The number of aromatic nitrogens is 1. The van der Waals surface area contributed by atoms with Gasteiger partial charge in [-0.25, -0.2) is 0 Å². The molecule has 7 heteroatoms. The molecule has 0 radical (unpaired) electrons. The summed E-state index contributed by atoms with van der Waals surface area (Å²) in [7, 11) is 0. The van der Waals surface area contributed by atoms with E-state index in [1.807, 2.05) is 6.92 Å². The van der Waals surface area contributed by atoms with E-state index in [4.69, 9.17) is 27.9 Å². The molecule has 0 spiro atoms. The Morgan fingerprint density at radius 3 is 2.59 bits per heavy atom. The van der Waals surface area contributed by atoms with Crippen LogP contribution in [0.1, 0.15) is 6.92 Å². The van der Waals surface area contributed by atoms with E-state index in [0.29, 0.717) is 17.3 Å². The van der Waals surface area contributed by atoms with Gasteiger partial charge in [0.05, 0.1) is 11.6 Å². The zero-order chi connectivity index (χ0) is 16.1. The number of anilines is 1. The molecule has 0 saturated heterocycles. The van der Waals surface area contributed by atoms with Gasteiger partial charge in [0.1, 0.15) is 17.3 Å². The number of rotatable bonds is 5. The molecule has 2 rings (SSSR count). The molecule has 0 bridgehead atoms. The van der Waals surface area contributed by atoms with Gasteiger partial charge in [0, 0.05) is 11.9 Å². The number of halogens is 2. The molecule has 1 N–H and O–H groups in total. The van der Waals surface area contributed by atoms with Crippen molar-refractivity contribution in [3.8, 4) is 5.75 Å². The van der Waals surface area contributed by atoms with E-state index in [9.17, 15) is 9.59 Å². The van der Waals surface area contributed by atoms with Gasteiger partial charge in [0.15, 0.2) is 0 Å². The van der Waals surface area contributed by atoms with Crippen molar-refractivity contribution in [3.05, 3.63) is 56.9 Å². The van der Waals surface area contributed by atoms with Crippen LogP contribution in [0.5, 0.6) is 5.75 Å². The average Bonchev–Trinajstić information content (AvgIpc) is 2.46. The minimum atomic E-state index is -0.465. The summed E-state index contributed by atoms with van der Waals surface area (Å²) in [6, 6.07) is 8.28. The molecule has 0 fully saturated rings. The minimum absolute atomic E-state index is 0.0265. The fraction of sp³-hybridized carbons (Fsp3) is 0.200. The quantitative estimate of drug-likeness (QED) is 0.909. The van der Waals surface area contributed by atoms with Crippen molar-refractivity contribution in [2.45, 2.75) is 13.5 Å². The average molecular weight is 341 g/mol. The van der Waals surface area contributed by atoms with Crippen LogP contribution in [-0.2, 0) is 11.3 Å². The maximum Gasteiger partial charge on any atom is 0.269 e. The molecule has 1 aromatic carbocycles. The van der Waals surface area contributed by atoms with Gasteiger partial charge >= 0.3 is 0 Å². The maximum absolute atomic E-state index is 12.0. The molecule has 0 aliphatic heterocycles. The summed E-state index contributed by atoms with van der Waals surface area (Å²) in [6.45, 7) is 2.29. The lowest BCUT2D eigenvalue weighted by atomic mass is 10.3. The fourth-order valence-electron chi connectivity index (χ4n) is 1.84. The van der Waals surface area contributed by atoms with Gasteiger partial charge < -0.3 is 14.6 Å². The van der Waals surface area contributed by atoms with Crippen molar-refractivity contribution in [1.82, 2.24) is 4.57 Å². The lowest BCUT2D eigenvalue weighted by Gasteiger charge is -2.09. The summed E-state index contributed by atoms with van der Waals surface area (Å²) in [5.41, 5.74) is 0.141. The maximum atomic E-state index is 12.0. The molecule has 0 atom stereocenters. The van der Waals surface area contributed by atoms with E-state index in [1.165, 1.54) is 12.3 Å². The number of ether oxygens (including phenoxy) is 1. The van der Waals surface area contributed by atoms with E-state index in [2.05, 4.69) is 5.32 Å². The molecule has 0 aliphatic carbocycles. The van der Waals surface area contributed by atoms with Crippen LogP contribution < -0.4 is 15.6 Å². The predicted octanol–water partition coefficient (Wildman–Crippen LogP) is 3.19. The van der Waals surface area contributed by atoms with Crippen molar-refractivity contribution in [2.75, 3.05) is 11.9 Å². The Balaban J connectivity index is 2.05. The number of nitrogens with one attached hydrogen (secondary N) is 1. The standard InChI is InChI=1S/C15H14Cl2N2O3/c1-2-22-12-5-3-11(4-6-12)18-14(20)9-19-8-10(16)7-13(17)15(19)21/h3-8H,2,9H2,1H3,(H,18,20). The Morgan fingerprint density at radius 2 is 1.95 bits per heavy atom. The van der Waals surface area contributed by atoms with Gasteiger partial charge in [-0.2, -0.15) is 0 Å². The molecular formula is C15H14Cl2N2O3. The number of carbonyl (C=O) groups excluding carboxylic acids is 1. The molecule has 0 unspecified atom stereocenters. The van der Waals surface area contributed by atoms with E-state index in [-0.39, 0.29) is 17.5 Å². The van der Waals surface area contributed by atoms with E-state index in [1.54, 1.807) is 24.3 Å². The molecule has 1 aromatic heterocycles. The van der Waals surface area contributed by atoms with Crippen LogP contribution in [0.4, 0.5) is 5.69 Å². The normalized spacial score (nSPS) is 10.3. The number of hydrogen-bond acceptors (Lipinski definition) is 3. The largest absolute Gasteiger partial charge is 0.494 e. The van der Waals surface area contributed by atoms with Crippen LogP contribution in [-0.4, -0.2) is 17.1 Å². The lowest BCUT2D eigenvalue weighted by molar-refractivity contribution is -0.116. The van der Waals surface area contributed by atoms with Crippen LogP contribution in [0.15, 0.2) is 41.3 Å². The van der Waals surface area contributed by atoms with E-state index in [0.717, 1.165) is 10.3 Å². The van der Waals surface area contributed by atoms with Crippen LogP contribution in [0, 0.1) is 0 Å². The second kappa shape index (κ2) is 7.33. The topological polar surface area (TPSA) is 60.3 Å². The molecule has 1 amide bonds. The molecule has 5 nitrogen and oxygen atoms in total. The first-order valence-corrected chi connectivity index (χ1v) is 7.33. The first-order valence-electron chi connectivity index (χ1n) is 6.58. The second-order valence-corrected chi connectivity index (χ2v) is 5.29. The molecule has 0 aliphatic rings. The zero-order valence-electron chi connectivity index (χ0n) is 11.8. The molecule has 1 heterocycles. The summed E-state index contributed by atoms with van der Waals surface area (Å²) in [4.78, 5) is 23.8. The van der Waals surface area contributed by atoms with Crippen molar-refractivity contribution in [3.63, 3.8) is 0 Å². The smallest absolute Gasteiger partial charge is 0.269 e. The third-order valence-electron chi connectivity index (χ3n) is 2.77. The van der Waals surface area contributed by atoms with Crippen molar-refractivity contribution < 1.29 is 9.53 Å². The highest BCUT2D eigenvalue weighted by molar-refractivity contribution is 6.34. The Kier molecular flexibility index (Phi) is 5.46.